The summed E-state index contributed by atoms with van der Waals surface area (Å²) < 4.78 is 5.17. The van der Waals surface area contributed by atoms with Crippen molar-refractivity contribution in [2.24, 2.45) is 0 Å². The molecule has 0 aliphatic carbocycles. The van der Waals surface area contributed by atoms with E-state index in [-0.39, 0.29) is 30.2 Å². The zero-order chi connectivity index (χ0) is 23.4. The lowest BCUT2D eigenvalue weighted by molar-refractivity contribution is -0.131. The van der Waals surface area contributed by atoms with Crippen LogP contribution in [0.5, 0.6) is 5.75 Å². The number of nitrogens with zero attached hydrogens (tertiary/aromatic N) is 4. The maximum atomic E-state index is 13.1. The predicted octanol–water partition coefficient (Wildman–Crippen LogP) is 2.65. The summed E-state index contributed by atoms with van der Waals surface area (Å²) in [4.78, 5) is 39.3. The molecule has 1 aliphatic rings. The van der Waals surface area contributed by atoms with E-state index in [0.717, 1.165) is 21.9 Å². The van der Waals surface area contributed by atoms with Gasteiger partial charge in [-0.15, -0.1) is 0 Å². The van der Waals surface area contributed by atoms with E-state index < -0.39 is 11.6 Å². The molecule has 10 heteroatoms. The van der Waals surface area contributed by atoms with Crippen molar-refractivity contribution in [1.29, 1.82) is 0 Å². The molecular weight excluding hydrogens is 422 g/mol. The number of para-hydroxylation sites is 1. The van der Waals surface area contributed by atoms with Crippen LogP contribution < -0.4 is 21.1 Å². The highest BCUT2D eigenvalue weighted by Gasteiger charge is 2.47. The molecule has 3 amide bonds. The summed E-state index contributed by atoms with van der Waals surface area (Å²) in [6.45, 7) is 1.61. The third kappa shape index (κ3) is 5.00. The minimum Gasteiger partial charge on any atom is -0.497 e. The number of methoxy groups -OCH3 is 1. The van der Waals surface area contributed by atoms with Crippen LogP contribution in [0.3, 0.4) is 0 Å². The second kappa shape index (κ2) is 9.11. The zero-order valence-electron chi connectivity index (χ0n) is 18.4. The molecule has 3 aromatic rings. The molecule has 4 rings (SSSR count). The van der Waals surface area contributed by atoms with Crippen LogP contribution in [0.4, 0.5) is 22.4 Å². The van der Waals surface area contributed by atoms with Crippen molar-refractivity contribution in [3.63, 3.8) is 0 Å². The third-order valence-electron chi connectivity index (χ3n) is 5.45. The first-order chi connectivity index (χ1) is 15.9. The summed E-state index contributed by atoms with van der Waals surface area (Å²) in [6.07, 6.45) is 1.06. The van der Waals surface area contributed by atoms with Gasteiger partial charge in [0.05, 0.1) is 13.7 Å². The van der Waals surface area contributed by atoms with E-state index in [1.165, 1.54) is 0 Å². The van der Waals surface area contributed by atoms with E-state index in [9.17, 15) is 9.59 Å². The maximum Gasteiger partial charge on any atom is 0.325 e. The number of urea groups is 1. The minimum absolute atomic E-state index is 0.00671. The number of rotatable bonds is 8. The minimum atomic E-state index is -1.03. The number of nitrogens with two attached hydrogens (primary N) is 1. The molecule has 1 aliphatic heterocycles. The normalized spacial score (nSPS) is 17.7. The average Bonchev–Trinajstić information content (AvgIpc) is 3.01. The molecule has 0 saturated carbocycles. The fraction of sp³-hybridized carbons (Fsp3) is 0.261. The van der Waals surface area contributed by atoms with Gasteiger partial charge in [-0.25, -0.2) is 4.79 Å². The van der Waals surface area contributed by atoms with Crippen LogP contribution in [-0.2, 0) is 17.8 Å². The molecule has 0 spiro atoms. The van der Waals surface area contributed by atoms with Crippen LogP contribution in [0.15, 0.2) is 54.6 Å². The van der Waals surface area contributed by atoms with Crippen LogP contribution in [0.2, 0.25) is 0 Å². The van der Waals surface area contributed by atoms with Crippen LogP contribution in [0, 0.1) is 0 Å². The Bertz CT molecular complexity index is 1150. The van der Waals surface area contributed by atoms with Crippen molar-refractivity contribution in [2.75, 3.05) is 18.2 Å². The molecule has 0 radical (unpaired) electrons. The number of hydrogen-bond acceptors (Lipinski definition) is 8. The van der Waals surface area contributed by atoms with Gasteiger partial charge in [0, 0.05) is 5.69 Å². The Labute approximate surface area is 191 Å². The number of benzene rings is 2. The van der Waals surface area contributed by atoms with Gasteiger partial charge in [-0.2, -0.15) is 15.0 Å². The number of carbonyl (C=O) groups excluding carboxylic acids is 2. The lowest BCUT2D eigenvalue weighted by Crippen LogP contribution is -2.44. The molecule has 1 atom stereocenters. The van der Waals surface area contributed by atoms with Crippen LogP contribution >= 0.6 is 0 Å². The Morgan fingerprint density at radius 2 is 1.79 bits per heavy atom. The van der Waals surface area contributed by atoms with Gasteiger partial charge in [0.15, 0.2) is 5.82 Å². The van der Waals surface area contributed by atoms with Crippen molar-refractivity contribution in [1.82, 2.24) is 25.2 Å². The standard InChI is InChI=1S/C23H25N7O3/c1-23(13-12-15-8-10-17(33-2)11-9-15)19(31)30(22(32)29-23)14-18-26-20(24)28-21(27-18)25-16-6-4-3-5-7-16/h3-11H,12-14H2,1-2H3,(H,29,32)(H3,24,25,26,27,28)/t23-/m0/s1. The largest absolute Gasteiger partial charge is 0.497 e. The molecule has 4 N–H and O–H groups in total. The van der Waals surface area contributed by atoms with E-state index in [0.29, 0.717) is 12.8 Å². The van der Waals surface area contributed by atoms with E-state index in [1.807, 2.05) is 54.6 Å². The number of anilines is 3. The molecule has 1 saturated heterocycles. The summed E-state index contributed by atoms with van der Waals surface area (Å²) in [5.74, 6) is 0.867. The Morgan fingerprint density at radius 3 is 2.48 bits per heavy atom. The van der Waals surface area contributed by atoms with Gasteiger partial charge in [-0.05, 0) is 49.6 Å². The molecule has 0 bridgehead atoms. The molecule has 33 heavy (non-hydrogen) atoms. The summed E-state index contributed by atoms with van der Waals surface area (Å²) in [6, 6.07) is 16.5. The number of carbonyl (C=O) groups is 2. The first-order valence-electron chi connectivity index (χ1n) is 10.5. The van der Waals surface area contributed by atoms with Crippen molar-refractivity contribution in [2.45, 2.75) is 31.8 Å². The van der Waals surface area contributed by atoms with Crippen LogP contribution in [0.25, 0.3) is 0 Å². The quantitative estimate of drug-likeness (QED) is 0.449. The monoisotopic (exact) mass is 447 g/mol. The topological polar surface area (TPSA) is 135 Å². The fourth-order valence-electron chi connectivity index (χ4n) is 3.60. The summed E-state index contributed by atoms with van der Waals surface area (Å²) in [5, 5.41) is 5.85. The number of nitrogen functional groups attached to an aromatic ring is 1. The van der Waals surface area contributed by atoms with Crippen LogP contribution in [0.1, 0.15) is 24.7 Å². The molecule has 1 fully saturated rings. The summed E-state index contributed by atoms with van der Waals surface area (Å²) in [7, 11) is 1.61. The van der Waals surface area contributed by atoms with Gasteiger partial charge in [-0.1, -0.05) is 30.3 Å². The fourth-order valence-corrected chi connectivity index (χ4v) is 3.60. The van der Waals surface area contributed by atoms with Crippen LogP contribution in [-0.4, -0.2) is 44.4 Å². The average molecular weight is 447 g/mol. The first kappa shape index (κ1) is 22.0. The number of imide groups is 1. The Balaban J connectivity index is 1.45. The highest BCUT2D eigenvalue weighted by atomic mass is 16.5. The Morgan fingerprint density at radius 1 is 1.06 bits per heavy atom. The van der Waals surface area contributed by atoms with Crippen molar-refractivity contribution in [3.05, 3.63) is 66.0 Å². The Kier molecular flexibility index (Phi) is 6.07. The molecule has 0 unspecified atom stereocenters. The van der Waals surface area contributed by atoms with Gasteiger partial charge in [0.1, 0.15) is 11.3 Å². The summed E-state index contributed by atoms with van der Waals surface area (Å²) >= 11 is 0. The molecular formula is C23H25N7O3. The maximum absolute atomic E-state index is 13.1. The summed E-state index contributed by atoms with van der Waals surface area (Å²) in [5.41, 5.74) is 6.61. The SMILES string of the molecule is COc1ccc(CC[C@]2(C)NC(=O)N(Cc3nc(N)nc(Nc4ccccc4)n3)C2=O)cc1. The number of aromatic nitrogens is 3. The van der Waals surface area contributed by atoms with Crippen molar-refractivity contribution >= 4 is 29.5 Å². The van der Waals surface area contributed by atoms with Gasteiger partial charge < -0.3 is 21.1 Å². The second-order valence-corrected chi connectivity index (χ2v) is 7.93. The zero-order valence-corrected chi connectivity index (χ0v) is 18.4. The highest BCUT2D eigenvalue weighted by Crippen LogP contribution is 2.25. The number of hydrogen-bond donors (Lipinski definition) is 3. The molecule has 2 aromatic carbocycles. The number of nitrogens with one attached hydrogen (secondary N) is 2. The number of aryl methyl sites for hydroxylation is 1. The van der Waals surface area contributed by atoms with E-state index in [4.69, 9.17) is 10.5 Å². The van der Waals surface area contributed by atoms with E-state index in [1.54, 1.807) is 14.0 Å². The first-order valence-corrected chi connectivity index (χ1v) is 10.5. The van der Waals surface area contributed by atoms with Gasteiger partial charge >= 0.3 is 6.03 Å². The molecule has 2 heterocycles. The molecule has 10 nitrogen and oxygen atoms in total. The van der Waals surface area contributed by atoms with Crippen molar-refractivity contribution < 1.29 is 14.3 Å². The molecule has 170 valence electrons. The van der Waals surface area contributed by atoms with Gasteiger partial charge in [0.25, 0.3) is 5.91 Å². The van der Waals surface area contributed by atoms with Gasteiger partial charge in [-0.3, -0.25) is 9.69 Å². The third-order valence-corrected chi connectivity index (χ3v) is 5.45. The molecule has 1 aromatic heterocycles. The van der Waals surface area contributed by atoms with E-state index in [2.05, 4.69) is 25.6 Å². The lowest BCUT2D eigenvalue weighted by Gasteiger charge is -2.21. The Hall–Kier alpha value is -4.21. The number of ether oxygens (including phenoxy) is 1. The predicted molar refractivity (Wildman–Crippen MR) is 123 cm³/mol. The van der Waals surface area contributed by atoms with E-state index >= 15 is 0 Å². The number of amides is 3. The van der Waals surface area contributed by atoms with Crippen molar-refractivity contribution in [3.8, 4) is 5.75 Å². The second-order valence-electron chi connectivity index (χ2n) is 7.93. The lowest BCUT2D eigenvalue weighted by atomic mass is 9.93. The highest BCUT2D eigenvalue weighted by molar-refractivity contribution is 6.06. The smallest absolute Gasteiger partial charge is 0.325 e. The van der Waals surface area contributed by atoms with Gasteiger partial charge in [0.2, 0.25) is 11.9 Å².